The summed E-state index contributed by atoms with van der Waals surface area (Å²) in [5, 5.41) is 12.1. The highest BCUT2D eigenvalue weighted by Crippen LogP contribution is 2.34. The van der Waals surface area contributed by atoms with Crippen molar-refractivity contribution in [3.05, 3.63) is 33.8 Å². The molecule has 0 fully saturated rings. The zero-order chi connectivity index (χ0) is 16.4. The summed E-state index contributed by atoms with van der Waals surface area (Å²) in [5.74, 6) is 3.47. The van der Waals surface area contributed by atoms with Crippen molar-refractivity contribution < 1.29 is 9.47 Å². The molecule has 7 heteroatoms. The highest BCUT2D eigenvalue weighted by molar-refractivity contribution is 9.10. The fourth-order valence-electron chi connectivity index (χ4n) is 2.97. The van der Waals surface area contributed by atoms with Gasteiger partial charge >= 0.3 is 0 Å². The van der Waals surface area contributed by atoms with Crippen LogP contribution in [0, 0.1) is 6.92 Å². The third-order valence-electron chi connectivity index (χ3n) is 4.24. The van der Waals surface area contributed by atoms with Crippen LogP contribution in [0.5, 0.6) is 11.5 Å². The zero-order valence-electron chi connectivity index (χ0n) is 13.6. The SMILES string of the molecule is COc1cc(Br)c(CN[C@@H]2CCCn3c(C)nnc32)cc1OC. The summed E-state index contributed by atoms with van der Waals surface area (Å²) < 4.78 is 13.9. The summed E-state index contributed by atoms with van der Waals surface area (Å²) in [6.45, 7) is 3.73. The molecule has 124 valence electrons. The number of nitrogens with one attached hydrogen (secondary N) is 1. The van der Waals surface area contributed by atoms with Gasteiger partial charge in [-0.3, -0.25) is 0 Å². The fraction of sp³-hybridized carbons (Fsp3) is 0.500. The minimum atomic E-state index is 0.227. The second kappa shape index (κ2) is 6.88. The highest BCUT2D eigenvalue weighted by atomic mass is 79.9. The summed E-state index contributed by atoms with van der Waals surface area (Å²) in [5.41, 5.74) is 1.12. The number of ether oxygens (including phenoxy) is 2. The summed E-state index contributed by atoms with van der Waals surface area (Å²) in [4.78, 5) is 0. The molecule has 0 radical (unpaired) electrons. The molecule has 1 atom stereocenters. The van der Waals surface area contributed by atoms with E-state index in [0.717, 1.165) is 59.1 Å². The Labute approximate surface area is 144 Å². The van der Waals surface area contributed by atoms with Crippen molar-refractivity contribution in [1.29, 1.82) is 0 Å². The summed E-state index contributed by atoms with van der Waals surface area (Å²) >= 11 is 3.60. The lowest BCUT2D eigenvalue weighted by Gasteiger charge is -2.24. The van der Waals surface area contributed by atoms with Crippen molar-refractivity contribution in [3.8, 4) is 11.5 Å². The summed E-state index contributed by atoms with van der Waals surface area (Å²) in [6.07, 6.45) is 2.21. The first-order chi connectivity index (χ1) is 11.1. The number of hydrogen-bond acceptors (Lipinski definition) is 5. The Hall–Kier alpha value is -1.60. The second-order valence-electron chi connectivity index (χ2n) is 5.63. The molecule has 6 nitrogen and oxygen atoms in total. The van der Waals surface area contributed by atoms with Crippen molar-refractivity contribution in [3.63, 3.8) is 0 Å². The van der Waals surface area contributed by atoms with Gasteiger partial charge in [0.2, 0.25) is 0 Å². The van der Waals surface area contributed by atoms with Crippen molar-refractivity contribution in [1.82, 2.24) is 20.1 Å². The molecule has 0 bridgehead atoms. The van der Waals surface area contributed by atoms with E-state index in [1.54, 1.807) is 14.2 Å². The Morgan fingerprint density at radius 2 is 2.00 bits per heavy atom. The predicted molar refractivity (Wildman–Crippen MR) is 90.8 cm³/mol. The number of rotatable bonds is 5. The Morgan fingerprint density at radius 3 is 2.74 bits per heavy atom. The van der Waals surface area contributed by atoms with E-state index in [-0.39, 0.29) is 6.04 Å². The molecule has 1 aliphatic heterocycles. The van der Waals surface area contributed by atoms with Crippen LogP contribution in [0.25, 0.3) is 0 Å². The van der Waals surface area contributed by atoms with Gasteiger partial charge in [0.05, 0.1) is 20.3 Å². The van der Waals surface area contributed by atoms with Gasteiger partial charge in [-0.2, -0.15) is 0 Å². The average Bonchev–Trinajstić information content (AvgIpc) is 2.95. The average molecular weight is 381 g/mol. The molecule has 23 heavy (non-hydrogen) atoms. The van der Waals surface area contributed by atoms with E-state index in [2.05, 4.69) is 36.0 Å². The van der Waals surface area contributed by atoms with Crippen LogP contribution in [-0.2, 0) is 13.1 Å². The molecule has 0 saturated carbocycles. The van der Waals surface area contributed by atoms with Crippen LogP contribution in [-0.4, -0.2) is 29.0 Å². The fourth-order valence-corrected chi connectivity index (χ4v) is 3.43. The topological polar surface area (TPSA) is 61.2 Å². The highest BCUT2D eigenvalue weighted by Gasteiger charge is 2.24. The van der Waals surface area contributed by atoms with Crippen molar-refractivity contribution in [2.75, 3.05) is 14.2 Å². The molecule has 2 heterocycles. The van der Waals surface area contributed by atoms with Crippen LogP contribution in [0.3, 0.4) is 0 Å². The van der Waals surface area contributed by atoms with Crippen molar-refractivity contribution in [2.24, 2.45) is 0 Å². The molecule has 0 amide bonds. The number of hydrogen-bond donors (Lipinski definition) is 1. The number of nitrogens with zero attached hydrogens (tertiary/aromatic N) is 3. The minimum absolute atomic E-state index is 0.227. The van der Waals surface area contributed by atoms with Gasteiger partial charge < -0.3 is 19.4 Å². The maximum atomic E-state index is 5.38. The molecule has 0 aliphatic carbocycles. The van der Waals surface area contributed by atoms with E-state index < -0.39 is 0 Å². The van der Waals surface area contributed by atoms with E-state index in [0.29, 0.717) is 0 Å². The van der Waals surface area contributed by atoms with E-state index in [9.17, 15) is 0 Å². The lowest BCUT2D eigenvalue weighted by molar-refractivity contribution is 0.353. The Kier molecular flexibility index (Phi) is 4.87. The maximum Gasteiger partial charge on any atom is 0.161 e. The number of aromatic nitrogens is 3. The molecule has 2 aromatic rings. The van der Waals surface area contributed by atoms with Gasteiger partial charge in [0.25, 0.3) is 0 Å². The van der Waals surface area contributed by atoms with Crippen LogP contribution in [0.4, 0.5) is 0 Å². The minimum Gasteiger partial charge on any atom is -0.493 e. The van der Waals surface area contributed by atoms with Crippen molar-refractivity contribution >= 4 is 15.9 Å². The molecule has 1 aromatic carbocycles. The second-order valence-corrected chi connectivity index (χ2v) is 6.49. The van der Waals surface area contributed by atoms with Gasteiger partial charge in [0.1, 0.15) is 11.6 Å². The van der Waals surface area contributed by atoms with Gasteiger partial charge in [0.15, 0.2) is 11.5 Å². The Bertz CT molecular complexity index is 702. The maximum absolute atomic E-state index is 5.38. The number of methoxy groups -OCH3 is 2. The van der Waals surface area contributed by atoms with Crippen LogP contribution in [0.15, 0.2) is 16.6 Å². The van der Waals surface area contributed by atoms with Crippen LogP contribution in [0.1, 0.15) is 36.1 Å². The van der Waals surface area contributed by atoms with E-state index in [1.165, 1.54) is 0 Å². The van der Waals surface area contributed by atoms with Gasteiger partial charge in [-0.1, -0.05) is 15.9 Å². The van der Waals surface area contributed by atoms with Crippen molar-refractivity contribution in [2.45, 2.75) is 38.9 Å². The van der Waals surface area contributed by atoms with Gasteiger partial charge in [-0.25, -0.2) is 0 Å². The van der Waals surface area contributed by atoms with Gasteiger partial charge in [-0.05, 0) is 37.5 Å². The molecule has 3 rings (SSSR count). The third kappa shape index (κ3) is 3.21. The van der Waals surface area contributed by atoms with Crippen LogP contribution in [0.2, 0.25) is 0 Å². The molecule has 0 saturated heterocycles. The van der Waals surface area contributed by atoms with Crippen LogP contribution < -0.4 is 14.8 Å². The Balaban J connectivity index is 1.77. The first-order valence-electron chi connectivity index (χ1n) is 7.67. The lowest BCUT2D eigenvalue weighted by Crippen LogP contribution is -2.28. The monoisotopic (exact) mass is 380 g/mol. The first kappa shape index (κ1) is 16.3. The smallest absolute Gasteiger partial charge is 0.161 e. The normalized spacial score (nSPS) is 17.0. The number of fused-ring (bicyclic) bond motifs is 1. The molecule has 0 unspecified atom stereocenters. The largest absolute Gasteiger partial charge is 0.493 e. The van der Waals surface area contributed by atoms with Gasteiger partial charge in [-0.15, -0.1) is 10.2 Å². The van der Waals surface area contributed by atoms with E-state index in [4.69, 9.17) is 9.47 Å². The quantitative estimate of drug-likeness (QED) is 0.863. The number of halogens is 1. The zero-order valence-corrected chi connectivity index (χ0v) is 15.2. The molecule has 1 aliphatic rings. The standard InChI is InChI=1S/C16H21BrN4O2/c1-10-19-20-16-13(5-4-6-21(10)16)18-9-11-7-14(22-2)15(23-3)8-12(11)17/h7-8,13,18H,4-6,9H2,1-3H3/t13-/m1/s1. The molecular weight excluding hydrogens is 360 g/mol. The molecule has 1 N–H and O–H groups in total. The third-order valence-corrected chi connectivity index (χ3v) is 4.98. The number of aryl methyl sites for hydroxylation is 1. The van der Waals surface area contributed by atoms with E-state index in [1.807, 2.05) is 19.1 Å². The Morgan fingerprint density at radius 1 is 1.26 bits per heavy atom. The lowest BCUT2D eigenvalue weighted by atomic mass is 10.1. The molecule has 0 spiro atoms. The van der Waals surface area contributed by atoms with Crippen LogP contribution >= 0.6 is 15.9 Å². The number of benzene rings is 1. The first-order valence-corrected chi connectivity index (χ1v) is 8.46. The molecule has 1 aromatic heterocycles. The van der Waals surface area contributed by atoms with E-state index >= 15 is 0 Å². The predicted octanol–water partition coefficient (Wildman–Crippen LogP) is 2.99. The van der Waals surface area contributed by atoms with Gasteiger partial charge in [0, 0.05) is 17.6 Å². The summed E-state index contributed by atoms with van der Waals surface area (Å²) in [6, 6.07) is 4.16. The summed E-state index contributed by atoms with van der Waals surface area (Å²) in [7, 11) is 3.29. The molecular formula is C16H21BrN4O2.